The zero-order valence-corrected chi connectivity index (χ0v) is 20.1. The fraction of sp³-hybridized carbons (Fsp3) is 0.103. The van der Waals surface area contributed by atoms with Gasteiger partial charge in [-0.3, -0.25) is 9.59 Å². The Morgan fingerprint density at radius 2 is 1.50 bits per heavy atom. The molecule has 0 fully saturated rings. The summed E-state index contributed by atoms with van der Waals surface area (Å²) in [6.45, 7) is 2.58. The number of hydrogen-bond donors (Lipinski definition) is 1. The number of hydrogen-bond acceptors (Lipinski definition) is 8. The third-order valence-corrected chi connectivity index (χ3v) is 6.51. The van der Waals surface area contributed by atoms with E-state index >= 15 is 0 Å². The molecule has 188 valence electrons. The lowest BCUT2D eigenvalue weighted by Gasteiger charge is -2.37. The minimum atomic E-state index is -1.53. The number of ether oxygens (including phenoxy) is 4. The monoisotopic (exact) mass is 510 g/mol. The van der Waals surface area contributed by atoms with Crippen molar-refractivity contribution in [2.75, 3.05) is 0 Å². The summed E-state index contributed by atoms with van der Waals surface area (Å²) < 4.78 is 22.9. The summed E-state index contributed by atoms with van der Waals surface area (Å²) in [6.07, 6.45) is 0. The molecule has 38 heavy (non-hydrogen) atoms. The number of carboxylic acids is 1. The number of benzene rings is 4. The molecule has 6 rings (SSSR count). The van der Waals surface area contributed by atoms with Gasteiger partial charge in [-0.2, -0.15) is 0 Å². The van der Waals surface area contributed by atoms with Gasteiger partial charge in [-0.1, -0.05) is 18.2 Å². The molecule has 9 heteroatoms. The van der Waals surface area contributed by atoms with Gasteiger partial charge in [-0.25, -0.2) is 9.59 Å². The largest absolute Gasteiger partial charge is 0.478 e. The van der Waals surface area contributed by atoms with Crippen LogP contribution in [0.4, 0.5) is 0 Å². The molecular weight excluding hydrogens is 492 g/mol. The van der Waals surface area contributed by atoms with Crippen LogP contribution in [0, 0.1) is 0 Å². The molecule has 1 unspecified atom stereocenters. The molecule has 2 aliphatic rings. The van der Waals surface area contributed by atoms with Crippen molar-refractivity contribution in [2.45, 2.75) is 19.4 Å². The predicted molar refractivity (Wildman–Crippen MR) is 132 cm³/mol. The van der Waals surface area contributed by atoms with Gasteiger partial charge in [0.1, 0.15) is 23.0 Å². The maximum atomic E-state index is 13.3. The van der Waals surface area contributed by atoms with Crippen molar-refractivity contribution in [3.05, 3.63) is 94.5 Å². The van der Waals surface area contributed by atoms with E-state index in [-0.39, 0.29) is 22.6 Å². The van der Waals surface area contributed by atoms with Crippen LogP contribution in [0.5, 0.6) is 23.0 Å². The third kappa shape index (κ3) is 3.32. The maximum absolute atomic E-state index is 13.3. The molecule has 0 radical (unpaired) electrons. The number of aromatic carboxylic acids is 1. The van der Waals surface area contributed by atoms with Crippen molar-refractivity contribution >= 4 is 34.6 Å². The first kappa shape index (κ1) is 23.2. The second-order valence-corrected chi connectivity index (χ2v) is 8.88. The zero-order chi connectivity index (χ0) is 26.8. The Labute approximate surface area is 215 Å². The van der Waals surface area contributed by atoms with E-state index in [4.69, 9.17) is 18.9 Å². The molecule has 9 nitrogen and oxygen atoms in total. The van der Waals surface area contributed by atoms with E-state index in [9.17, 15) is 24.3 Å². The van der Waals surface area contributed by atoms with Gasteiger partial charge in [-0.15, -0.1) is 0 Å². The van der Waals surface area contributed by atoms with Crippen LogP contribution >= 0.6 is 0 Å². The quantitative estimate of drug-likeness (QED) is 0.301. The summed E-state index contributed by atoms with van der Waals surface area (Å²) in [5.74, 6) is -1.86. The second-order valence-electron chi connectivity index (χ2n) is 8.88. The highest BCUT2D eigenvalue weighted by Crippen LogP contribution is 2.58. The molecule has 0 aliphatic carbocycles. The average Bonchev–Trinajstić information content (AvgIpc) is 3.15. The van der Waals surface area contributed by atoms with Crippen molar-refractivity contribution in [1.29, 1.82) is 0 Å². The summed E-state index contributed by atoms with van der Waals surface area (Å²) in [7, 11) is 0. The van der Waals surface area contributed by atoms with Gasteiger partial charge in [0.05, 0.1) is 11.1 Å². The molecule has 0 bridgehead atoms. The average molecular weight is 510 g/mol. The number of carbonyl (C=O) groups is 4. The van der Waals surface area contributed by atoms with E-state index < -0.39 is 29.5 Å². The molecule has 4 aromatic carbocycles. The van der Waals surface area contributed by atoms with Crippen molar-refractivity contribution in [2.24, 2.45) is 0 Å². The first-order chi connectivity index (χ1) is 18.2. The lowest BCUT2D eigenvalue weighted by molar-refractivity contribution is -0.132. The first-order valence-electron chi connectivity index (χ1n) is 11.6. The van der Waals surface area contributed by atoms with Crippen LogP contribution in [-0.2, 0) is 19.9 Å². The SMILES string of the molecule is CC(=O)Oc1ccc2c(c1)Oc1c(ccc3cc(OC(C)=O)ccc13)C21OC(=O)c2c(C(=O)O)cccc21. The first-order valence-corrected chi connectivity index (χ1v) is 11.6. The van der Waals surface area contributed by atoms with Crippen molar-refractivity contribution in [3.63, 3.8) is 0 Å². The Morgan fingerprint density at radius 3 is 2.21 bits per heavy atom. The molecule has 1 spiro atoms. The highest BCUT2D eigenvalue weighted by atomic mass is 16.6. The van der Waals surface area contributed by atoms with Crippen LogP contribution in [0.25, 0.3) is 10.8 Å². The van der Waals surface area contributed by atoms with Crippen molar-refractivity contribution < 1.29 is 43.2 Å². The van der Waals surface area contributed by atoms with E-state index in [1.165, 1.54) is 26.0 Å². The van der Waals surface area contributed by atoms with Gasteiger partial charge >= 0.3 is 23.9 Å². The minimum Gasteiger partial charge on any atom is -0.478 e. The summed E-state index contributed by atoms with van der Waals surface area (Å²) in [5.41, 5.74) is -0.489. The van der Waals surface area contributed by atoms with Crippen LogP contribution in [-0.4, -0.2) is 29.0 Å². The molecule has 1 N–H and O–H groups in total. The van der Waals surface area contributed by atoms with E-state index in [1.54, 1.807) is 54.6 Å². The fourth-order valence-corrected chi connectivity index (χ4v) is 5.15. The topological polar surface area (TPSA) is 125 Å². The van der Waals surface area contributed by atoms with E-state index in [0.717, 1.165) is 0 Å². The summed E-state index contributed by atoms with van der Waals surface area (Å²) in [5, 5.41) is 11.1. The van der Waals surface area contributed by atoms with Gasteiger partial charge in [0.25, 0.3) is 0 Å². The molecule has 0 saturated carbocycles. The van der Waals surface area contributed by atoms with Gasteiger partial charge in [-0.05, 0) is 47.9 Å². The number of esters is 3. The van der Waals surface area contributed by atoms with Crippen molar-refractivity contribution in [1.82, 2.24) is 0 Å². The second kappa shape index (κ2) is 8.17. The summed E-state index contributed by atoms with van der Waals surface area (Å²) >= 11 is 0. The van der Waals surface area contributed by atoms with Crippen LogP contribution in [0.15, 0.2) is 66.7 Å². The standard InChI is InChI=1S/C29H18O9/c1-14(30)35-17-7-9-19-16(12-17)6-10-23-26(19)37-24-13-18(36-15(2)31)8-11-21(24)29(23)22-5-3-4-20(27(32)33)25(22)28(34)38-29/h3-13H,1-2H3,(H,32,33). The molecule has 0 saturated heterocycles. The van der Waals surface area contributed by atoms with E-state index in [0.29, 0.717) is 39.0 Å². The molecular formula is C29H18O9. The van der Waals surface area contributed by atoms with E-state index in [2.05, 4.69) is 0 Å². The lowest BCUT2D eigenvalue weighted by Crippen LogP contribution is -2.33. The maximum Gasteiger partial charge on any atom is 0.341 e. The van der Waals surface area contributed by atoms with E-state index in [1.807, 2.05) is 0 Å². The van der Waals surface area contributed by atoms with Gasteiger partial charge in [0, 0.05) is 42.0 Å². The van der Waals surface area contributed by atoms with Crippen LogP contribution in [0.3, 0.4) is 0 Å². The minimum absolute atomic E-state index is 0.0480. The Hall–Kier alpha value is -5.18. The molecule has 4 aromatic rings. The number of rotatable bonds is 3. The smallest absolute Gasteiger partial charge is 0.341 e. The highest BCUT2D eigenvalue weighted by molar-refractivity contribution is 6.07. The number of fused-ring (bicyclic) bond motifs is 8. The highest BCUT2D eigenvalue weighted by Gasteiger charge is 2.55. The summed E-state index contributed by atoms with van der Waals surface area (Å²) in [4.78, 5) is 48.3. The van der Waals surface area contributed by atoms with Gasteiger partial charge in [0.15, 0.2) is 5.60 Å². The zero-order valence-electron chi connectivity index (χ0n) is 20.1. The fourth-order valence-electron chi connectivity index (χ4n) is 5.15. The number of carboxylic acid groups (broad SMARTS) is 1. The third-order valence-electron chi connectivity index (χ3n) is 6.51. The predicted octanol–water partition coefficient (Wildman–Crippen LogP) is 4.96. The molecule has 0 aromatic heterocycles. The Morgan fingerprint density at radius 1 is 0.816 bits per heavy atom. The molecule has 2 heterocycles. The van der Waals surface area contributed by atoms with Gasteiger partial charge < -0.3 is 24.1 Å². The Balaban J connectivity index is 1.66. The Bertz CT molecular complexity index is 1740. The Kier molecular flexibility index (Phi) is 5.00. The molecule has 1 atom stereocenters. The normalized spacial score (nSPS) is 16.6. The molecule has 0 amide bonds. The van der Waals surface area contributed by atoms with Gasteiger partial charge in [0.2, 0.25) is 0 Å². The summed E-state index contributed by atoms with van der Waals surface area (Å²) in [6, 6.07) is 17.8. The van der Waals surface area contributed by atoms with Crippen LogP contribution in [0.1, 0.15) is 51.3 Å². The number of carbonyl (C=O) groups excluding carboxylic acids is 3. The van der Waals surface area contributed by atoms with Crippen molar-refractivity contribution in [3.8, 4) is 23.0 Å². The van der Waals surface area contributed by atoms with Crippen LogP contribution in [0.2, 0.25) is 0 Å². The van der Waals surface area contributed by atoms with Crippen LogP contribution < -0.4 is 14.2 Å². The lowest BCUT2D eigenvalue weighted by atomic mass is 9.76. The molecule has 2 aliphatic heterocycles.